The number of rotatable bonds is 2. The summed E-state index contributed by atoms with van der Waals surface area (Å²) in [7, 11) is 0. The topological polar surface area (TPSA) is 62.7 Å². The molecule has 1 aliphatic carbocycles. The number of hydrogen-bond acceptors (Lipinski definition) is 5. The molecule has 2 aromatic heterocycles. The van der Waals surface area contributed by atoms with Crippen molar-refractivity contribution in [2.45, 2.75) is 6.04 Å². The Morgan fingerprint density at radius 3 is 2.82 bits per heavy atom. The SMILES string of the molecule is c1cnc2nc(NC3C4CNCC43)ccc2n1. The average molecular weight is 227 g/mol. The van der Waals surface area contributed by atoms with Gasteiger partial charge in [0.15, 0.2) is 5.65 Å². The van der Waals surface area contributed by atoms with E-state index in [-0.39, 0.29) is 0 Å². The van der Waals surface area contributed by atoms with Crippen LogP contribution in [-0.2, 0) is 0 Å². The molecule has 0 spiro atoms. The molecule has 4 rings (SSSR count). The summed E-state index contributed by atoms with van der Waals surface area (Å²) in [6.07, 6.45) is 3.36. The first-order valence-electron chi connectivity index (χ1n) is 5.97. The second-order valence-electron chi connectivity index (χ2n) is 4.75. The van der Waals surface area contributed by atoms with Crippen LogP contribution >= 0.6 is 0 Å². The Balaban J connectivity index is 1.59. The number of hydrogen-bond donors (Lipinski definition) is 2. The van der Waals surface area contributed by atoms with E-state index in [0.717, 1.165) is 36.3 Å². The molecule has 0 radical (unpaired) electrons. The molecule has 17 heavy (non-hydrogen) atoms. The van der Waals surface area contributed by atoms with Crippen LogP contribution in [0.15, 0.2) is 24.5 Å². The standard InChI is InChI=1S/C12H13N5/c1-2-10(16-11-7-5-13-6-8(7)11)17-12-9(1)14-3-4-15-12/h1-4,7-8,11,13H,5-6H2,(H,15,16,17). The molecule has 1 aliphatic heterocycles. The first kappa shape index (κ1) is 9.30. The molecule has 0 aromatic carbocycles. The van der Waals surface area contributed by atoms with Gasteiger partial charge in [0.05, 0.1) is 0 Å². The van der Waals surface area contributed by atoms with Gasteiger partial charge >= 0.3 is 0 Å². The summed E-state index contributed by atoms with van der Waals surface area (Å²) in [5.41, 5.74) is 1.55. The summed E-state index contributed by atoms with van der Waals surface area (Å²) < 4.78 is 0. The summed E-state index contributed by atoms with van der Waals surface area (Å²) >= 11 is 0. The summed E-state index contributed by atoms with van der Waals surface area (Å²) in [4.78, 5) is 12.9. The molecule has 5 heteroatoms. The molecule has 2 N–H and O–H groups in total. The van der Waals surface area contributed by atoms with Gasteiger partial charge in [0, 0.05) is 31.5 Å². The number of nitrogens with zero attached hydrogens (tertiary/aromatic N) is 3. The fourth-order valence-electron chi connectivity index (χ4n) is 2.74. The van der Waals surface area contributed by atoms with Gasteiger partial charge in [-0.3, -0.25) is 4.98 Å². The maximum atomic E-state index is 4.48. The summed E-state index contributed by atoms with van der Waals surface area (Å²) in [6, 6.07) is 4.55. The smallest absolute Gasteiger partial charge is 0.180 e. The third-order valence-electron chi connectivity index (χ3n) is 3.74. The van der Waals surface area contributed by atoms with Gasteiger partial charge in [-0.15, -0.1) is 0 Å². The van der Waals surface area contributed by atoms with Gasteiger partial charge in [-0.05, 0) is 24.0 Å². The number of fused-ring (bicyclic) bond motifs is 2. The van der Waals surface area contributed by atoms with Gasteiger partial charge in [0.1, 0.15) is 11.3 Å². The van der Waals surface area contributed by atoms with Crippen molar-refractivity contribution in [1.82, 2.24) is 20.3 Å². The molecule has 2 unspecified atom stereocenters. The van der Waals surface area contributed by atoms with Crippen LogP contribution in [0.2, 0.25) is 0 Å². The van der Waals surface area contributed by atoms with Crippen LogP contribution in [0.1, 0.15) is 0 Å². The van der Waals surface area contributed by atoms with Crippen molar-refractivity contribution in [3.8, 4) is 0 Å². The van der Waals surface area contributed by atoms with Crippen LogP contribution in [0.4, 0.5) is 5.82 Å². The molecule has 2 aliphatic rings. The van der Waals surface area contributed by atoms with Gasteiger partial charge in [-0.1, -0.05) is 0 Å². The third-order valence-corrected chi connectivity index (χ3v) is 3.74. The van der Waals surface area contributed by atoms with Crippen molar-refractivity contribution >= 4 is 17.0 Å². The van der Waals surface area contributed by atoms with Crippen molar-refractivity contribution in [2.75, 3.05) is 18.4 Å². The Morgan fingerprint density at radius 2 is 1.94 bits per heavy atom. The highest BCUT2D eigenvalue weighted by molar-refractivity contribution is 5.71. The summed E-state index contributed by atoms with van der Waals surface area (Å²) in [6.45, 7) is 2.27. The monoisotopic (exact) mass is 227 g/mol. The lowest BCUT2D eigenvalue weighted by Gasteiger charge is -2.08. The van der Waals surface area contributed by atoms with E-state index in [1.54, 1.807) is 12.4 Å². The molecular weight excluding hydrogens is 214 g/mol. The number of aromatic nitrogens is 3. The van der Waals surface area contributed by atoms with Crippen LogP contribution in [0.3, 0.4) is 0 Å². The highest BCUT2D eigenvalue weighted by atomic mass is 15.1. The minimum atomic E-state index is 0.595. The van der Waals surface area contributed by atoms with E-state index in [0.29, 0.717) is 11.7 Å². The molecule has 0 bridgehead atoms. The summed E-state index contributed by atoms with van der Waals surface area (Å²) in [5.74, 6) is 2.49. The lowest BCUT2D eigenvalue weighted by molar-refractivity contribution is 0.695. The number of pyridine rings is 1. The van der Waals surface area contributed by atoms with E-state index < -0.39 is 0 Å². The van der Waals surface area contributed by atoms with E-state index in [2.05, 4.69) is 25.6 Å². The van der Waals surface area contributed by atoms with Crippen molar-refractivity contribution < 1.29 is 0 Å². The number of anilines is 1. The Bertz CT molecular complexity index is 560. The predicted octanol–water partition coefficient (Wildman–Crippen LogP) is 0.654. The first-order valence-corrected chi connectivity index (χ1v) is 5.97. The van der Waals surface area contributed by atoms with E-state index in [1.807, 2.05) is 12.1 Å². The molecule has 86 valence electrons. The maximum Gasteiger partial charge on any atom is 0.180 e. The molecule has 0 amide bonds. The zero-order valence-corrected chi connectivity index (χ0v) is 9.30. The van der Waals surface area contributed by atoms with Crippen LogP contribution in [-0.4, -0.2) is 34.1 Å². The van der Waals surface area contributed by atoms with Gasteiger partial charge < -0.3 is 10.6 Å². The Labute approximate surface area is 98.7 Å². The Morgan fingerprint density at radius 1 is 1.12 bits per heavy atom. The predicted molar refractivity (Wildman–Crippen MR) is 64.6 cm³/mol. The molecule has 2 fully saturated rings. The highest BCUT2D eigenvalue weighted by Gasteiger charge is 2.53. The zero-order chi connectivity index (χ0) is 11.2. The van der Waals surface area contributed by atoms with E-state index >= 15 is 0 Å². The highest BCUT2D eigenvalue weighted by Crippen LogP contribution is 2.43. The fraction of sp³-hybridized carbons (Fsp3) is 0.417. The van der Waals surface area contributed by atoms with E-state index in [9.17, 15) is 0 Å². The Kier molecular flexibility index (Phi) is 1.84. The van der Waals surface area contributed by atoms with Gasteiger partial charge in [0.25, 0.3) is 0 Å². The minimum absolute atomic E-state index is 0.595. The van der Waals surface area contributed by atoms with Crippen molar-refractivity contribution in [3.05, 3.63) is 24.5 Å². The van der Waals surface area contributed by atoms with Crippen molar-refractivity contribution in [3.63, 3.8) is 0 Å². The van der Waals surface area contributed by atoms with Gasteiger partial charge in [-0.25, -0.2) is 9.97 Å². The van der Waals surface area contributed by atoms with Gasteiger partial charge in [-0.2, -0.15) is 0 Å². The second-order valence-corrected chi connectivity index (χ2v) is 4.75. The molecule has 1 saturated carbocycles. The van der Waals surface area contributed by atoms with E-state index in [1.165, 1.54) is 0 Å². The van der Waals surface area contributed by atoms with Crippen LogP contribution in [0.25, 0.3) is 11.2 Å². The minimum Gasteiger partial charge on any atom is -0.367 e. The van der Waals surface area contributed by atoms with Crippen LogP contribution in [0.5, 0.6) is 0 Å². The van der Waals surface area contributed by atoms with Crippen LogP contribution < -0.4 is 10.6 Å². The summed E-state index contributed by atoms with van der Waals surface area (Å²) in [5, 5.41) is 6.88. The molecule has 1 saturated heterocycles. The molecule has 3 heterocycles. The maximum absolute atomic E-state index is 4.48. The fourth-order valence-corrected chi connectivity index (χ4v) is 2.74. The lowest BCUT2D eigenvalue weighted by Crippen LogP contribution is -2.21. The van der Waals surface area contributed by atoms with Crippen molar-refractivity contribution in [1.29, 1.82) is 0 Å². The lowest BCUT2D eigenvalue weighted by atomic mass is 10.3. The third kappa shape index (κ3) is 1.46. The molecule has 2 aromatic rings. The largest absolute Gasteiger partial charge is 0.367 e. The van der Waals surface area contributed by atoms with E-state index in [4.69, 9.17) is 0 Å². The molecule has 2 atom stereocenters. The van der Waals surface area contributed by atoms with Gasteiger partial charge in [0.2, 0.25) is 0 Å². The van der Waals surface area contributed by atoms with Crippen molar-refractivity contribution in [2.24, 2.45) is 11.8 Å². The van der Waals surface area contributed by atoms with Crippen LogP contribution in [0, 0.1) is 11.8 Å². The Hall–Kier alpha value is -1.75. The zero-order valence-electron chi connectivity index (χ0n) is 9.30. The number of piperidine rings is 1. The quantitative estimate of drug-likeness (QED) is 0.789. The second kappa shape index (κ2) is 3.37. The normalized spacial score (nSPS) is 30.2. The molecule has 5 nitrogen and oxygen atoms in total. The number of nitrogens with one attached hydrogen (secondary N) is 2. The molecular formula is C12H13N5. The first-order chi connectivity index (χ1) is 8.42. The average Bonchev–Trinajstić information content (AvgIpc) is 2.82.